The zero-order valence-electron chi connectivity index (χ0n) is 11.5. The lowest BCUT2D eigenvalue weighted by Gasteiger charge is -2.31. The summed E-state index contributed by atoms with van der Waals surface area (Å²) in [5.41, 5.74) is 2.12. The summed E-state index contributed by atoms with van der Waals surface area (Å²) >= 11 is 0. The molecule has 1 aliphatic heterocycles. The molecule has 1 aromatic rings. The van der Waals surface area contributed by atoms with Crippen LogP contribution in [0, 0.1) is 5.92 Å². The van der Waals surface area contributed by atoms with Crippen LogP contribution in [0.4, 0.5) is 0 Å². The van der Waals surface area contributed by atoms with Gasteiger partial charge in [0.2, 0.25) is 0 Å². The Kier molecular flexibility index (Phi) is 4.54. The molecule has 0 aliphatic carbocycles. The summed E-state index contributed by atoms with van der Waals surface area (Å²) in [6, 6.07) is 8.05. The molecule has 0 saturated carbocycles. The molecule has 1 aliphatic rings. The van der Waals surface area contributed by atoms with Crippen molar-refractivity contribution in [1.29, 1.82) is 0 Å². The molecule has 0 spiro atoms. The molecule has 2 rings (SSSR count). The van der Waals surface area contributed by atoms with E-state index in [1.54, 1.807) is 6.92 Å². The van der Waals surface area contributed by atoms with Gasteiger partial charge in [-0.3, -0.25) is 9.69 Å². The van der Waals surface area contributed by atoms with Crippen LogP contribution < -0.4 is 0 Å². The Morgan fingerprint density at radius 3 is 2.33 bits per heavy atom. The van der Waals surface area contributed by atoms with E-state index in [1.807, 2.05) is 12.1 Å². The largest absolute Gasteiger partial charge is 0.299 e. The van der Waals surface area contributed by atoms with Gasteiger partial charge in [0.25, 0.3) is 0 Å². The van der Waals surface area contributed by atoms with Crippen LogP contribution in [0.3, 0.4) is 0 Å². The lowest BCUT2D eigenvalue weighted by Crippen LogP contribution is -2.32. The van der Waals surface area contributed by atoms with Gasteiger partial charge < -0.3 is 0 Å². The molecule has 0 aromatic heterocycles. The molecule has 2 nitrogen and oxygen atoms in total. The van der Waals surface area contributed by atoms with Gasteiger partial charge in [-0.2, -0.15) is 0 Å². The van der Waals surface area contributed by atoms with Crippen molar-refractivity contribution in [2.75, 3.05) is 13.1 Å². The average Bonchev–Trinajstić information content (AvgIpc) is 2.40. The smallest absolute Gasteiger partial charge is 0.159 e. The van der Waals surface area contributed by atoms with E-state index in [0.29, 0.717) is 0 Å². The topological polar surface area (TPSA) is 20.3 Å². The van der Waals surface area contributed by atoms with Crippen molar-refractivity contribution in [2.24, 2.45) is 5.92 Å². The van der Waals surface area contributed by atoms with Crippen molar-refractivity contribution in [2.45, 2.75) is 39.7 Å². The number of rotatable bonds is 4. The van der Waals surface area contributed by atoms with Crippen molar-refractivity contribution in [3.05, 3.63) is 35.4 Å². The van der Waals surface area contributed by atoms with Crippen molar-refractivity contribution in [3.8, 4) is 0 Å². The summed E-state index contributed by atoms with van der Waals surface area (Å²) < 4.78 is 0. The minimum Gasteiger partial charge on any atom is -0.299 e. The fraction of sp³-hybridized carbons (Fsp3) is 0.562. The Balaban J connectivity index is 1.88. The highest BCUT2D eigenvalue weighted by Crippen LogP contribution is 2.21. The van der Waals surface area contributed by atoms with Crippen LogP contribution in [0.15, 0.2) is 24.3 Å². The lowest BCUT2D eigenvalue weighted by molar-refractivity contribution is 0.101. The SMILES string of the molecule is CCC1CCN(Cc2ccc(C(C)=O)cc2)CC1. The number of carbonyl (C=O) groups excluding carboxylic acids is 1. The maximum Gasteiger partial charge on any atom is 0.159 e. The second-order valence-corrected chi connectivity index (χ2v) is 5.38. The van der Waals surface area contributed by atoms with E-state index >= 15 is 0 Å². The van der Waals surface area contributed by atoms with Crippen LogP contribution in [0.2, 0.25) is 0 Å². The van der Waals surface area contributed by atoms with E-state index in [1.165, 1.54) is 37.9 Å². The summed E-state index contributed by atoms with van der Waals surface area (Å²) in [6.07, 6.45) is 3.99. The molecule has 0 bridgehead atoms. The van der Waals surface area contributed by atoms with Gasteiger partial charge in [0.1, 0.15) is 0 Å². The van der Waals surface area contributed by atoms with Crippen LogP contribution in [-0.2, 0) is 6.54 Å². The van der Waals surface area contributed by atoms with Gasteiger partial charge in [0.15, 0.2) is 5.78 Å². The zero-order chi connectivity index (χ0) is 13.0. The maximum absolute atomic E-state index is 11.2. The Morgan fingerprint density at radius 2 is 1.83 bits per heavy atom. The first-order chi connectivity index (χ1) is 8.69. The van der Waals surface area contributed by atoms with Crippen molar-refractivity contribution < 1.29 is 4.79 Å². The third-order valence-electron chi connectivity index (χ3n) is 4.05. The maximum atomic E-state index is 11.2. The molecule has 1 aromatic carbocycles. The highest BCUT2D eigenvalue weighted by atomic mass is 16.1. The van der Waals surface area contributed by atoms with E-state index in [0.717, 1.165) is 18.0 Å². The number of benzene rings is 1. The predicted octanol–water partition coefficient (Wildman–Crippen LogP) is 3.51. The summed E-state index contributed by atoms with van der Waals surface area (Å²) in [4.78, 5) is 13.7. The van der Waals surface area contributed by atoms with Crippen LogP contribution in [0.25, 0.3) is 0 Å². The van der Waals surface area contributed by atoms with Gasteiger partial charge in [0.05, 0.1) is 0 Å². The van der Waals surface area contributed by atoms with E-state index in [2.05, 4.69) is 24.0 Å². The minimum absolute atomic E-state index is 0.144. The first-order valence-corrected chi connectivity index (χ1v) is 7.01. The van der Waals surface area contributed by atoms with Crippen molar-refractivity contribution in [1.82, 2.24) is 4.90 Å². The highest BCUT2D eigenvalue weighted by molar-refractivity contribution is 5.93. The first kappa shape index (κ1) is 13.3. The number of hydrogen-bond acceptors (Lipinski definition) is 2. The number of Topliss-reactive ketones (excluding diaryl/α,β-unsaturated/α-hetero) is 1. The number of ketones is 1. The molecular formula is C16H23NO. The third kappa shape index (κ3) is 3.42. The molecule has 0 N–H and O–H groups in total. The molecule has 1 fully saturated rings. The first-order valence-electron chi connectivity index (χ1n) is 7.01. The van der Waals surface area contributed by atoms with Gasteiger partial charge in [0, 0.05) is 12.1 Å². The molecule has 0 unspecified atom stereocenters. The van der Waals surface area contributed by atoms with Gasteiger partial charge in [-0.1, -0.05) is 37.6 Å². The van der Waals surface area contributed by atoms with Crippen molar-refractivity contribution in [3.63, 3.8) is 0 Å². The lowest BCUT2D eigenvalue weighted by atomic mass is 9.94. The fourth-order valence-corrected chi connectivity index (χ4v) is 2.66. The summed E-state index contributed by atoms with van der Waals surface area (Å²) in [5.74, 6) is 1.08. The molecule has 0 amide bonds. The molecular weight excluding hydrogens is 222 g/mol. The molecule has 0 radical (unpaired) electrons. The zero-order valence-corrected chi connectivity index (χ0v) is 11.5. The Bertz CT molecular complexity index is 388. The van der Waals surface area contributed by atoms with Gasteiger partial charge in [-0.05, 0) is 44.3 Å². The summed E-state index contributed by atoms with van der Waals surface area (Å²) in [5, 5.41) is 0. The Morgan fingerprint density at radius 1 is 1.22 bits per heavy atom. The van der Waals surface area contributed by atoms with E-state index in [4.69, 9.17) is 0 Å². The van der Waals surface area contributed by atoms with Gasteiger partial charge >= 0.3 is 0 Å². The van der Waals surface area contributed by atoms with Gasteiger partial charge in [-0.15, -0.1) is 0 Å². The summed E-state index contributed by atoms with van der Waals surface area (Å²) in [7, 11) is 0. The molecule has 98 valence electrons. The molecule has 1 heterocycles. The monoisotopic (exact) mass is 245 g/mol. The third-order valence-corrected chi connectivity index (χ3v) is 4.05. The van der Waals surface area contributed by atoms with Crippen LogP contribution in [0.5, 0.6) is 0 Å². The molecule has 0 atom stereocenters. The van der Waals surface area contributed by atoms with Crippen molar-refractivity contribution >= 4 is 5.78 Å². The quantitative estimate of drug-likeness (QED) is 0.757. The molecule has 2 heteroatoms. The van der Waals surface area contributed by atoms with Crippen LogP contribution >= 0.6 is 0 Å². The van der Waals surface area contributed by atoms with E-state index in [9.17, 15) is 4.79 Å². The van der Waals surface area contributed by atoms with E-state index < -0.39 is 0 Å². The predicted molar refractivity (Wildman–Crippen MR) is 74.7 cm³/mol. The fourth-order valence-electron chi connectivity index (χ4n) is 2.66. The van der Waals surface area contributed by atoms with Crippen LogP contribution in [-0.4, -0.2) is 23.8 Å². The standard InChI is InChI=1S/C16H23NO/c1-3-14-8-10-17(11-9-14)12-15-4-6-16(7-5-15)13(2)18/h4-7,14H,3,8-12H2,1-2H3. The number of likely N-dealkylation sites (tertiary alicyclic amines) is 1. The Hall–Kier alpha value is -1.15. The number of carbonyl (C=O) groups is 1. The average molecular weight is 245 g/mol. The highest BCUT2D eigenvalue weighted by Gasteiger charge is 2.17. The van der Waals surface area contributed by atoms with Crippen LogP contribution in [0.1, 0.15) is 49.0 Å². The number of piperidine rings is 1. The molecule has 1 saturated heterocycles. The van der Waals surface area contributed by atoms with E-state index in [-0.39, 0.29) is 5.78 Å². The normalized spacial score (nSPS) is 17.9. The second-order valence-electron chi connectivity index (χ2n) is 5.38. The summed E-state index contributed by atoms with van der Waals surface area (Å²) in [6.45, 7) is 7.36. The number of hydrogen-bond donors (Lipinski definition) is 0. The Labute approximate surface area is 110 Å². The number of nitrogens with zero attached hydrogens (tertiary/aromatic N) is 1. The minimum atomic E-state index is 0.144. The molecule has 18 heavy (non-hydrogen) atoms. The second kappa shape index (κ2) is 6.14. The van der Waals surface area contributed by atoms with Gasteiger partial charge in [-0.25, -0.2) is 0 Å².